The Morgan fingerprint density at radius 3 is 1.81 bits per heavy atom. The molecule has 2 aliphatic rings. The van der Waals surface area contributed by atoms with E-state index in [2.05, 4.69) is 16.1 Å². The number of hydrogen-bond donors (Lipinski definition) is 0. The third kappa shape index (κ3) is 2.36. The molecule has 0 saturated carbocycles. The molecule has 0 aromatic carbocycles. The van der Waals surface area contributed by atoms with Crippen LogP contribution in [0.15, 0.2) is 23.3 Å². The summed E-state index contributed by atoms with van der Waals surface area (Å²) < 4.78 is 8.57. The minimum absolute atomic E-state index is 0.347. The Kier molecular flexibility index (Phi) is 3.60. The summed E-state index contributed by atoms with van der Waals surface area (Å²) in [5.74, 6) is -1.21. The summed E-state index contributed by atoms with van der Waals surface area (Å²) in [4.78, 5) is 31.3. The average molecular weight is 224 g/mol. The van der Waals surface area contributed by atoms with Gasteiger partial charge in [-0.15, -0.1) is 0 Å². The first kappa shape index (κ1) is 12.2. The Balaban J connectivity index is 0.000000168. The van der Waals surface area contributed by atoms with E-state index in [4.69, 9.17) is 0 Å². The van der Waals surface area contributed by atoms with E-state index >= 15 is 0 Å². The molecule has 2 rings (SSSR count). The Labute approximate surface area is 92.7 Å². The lowest BCUT2D eigenvalue weighted by molar-refractivity contribution is -0.150. The Hall–Kier alpha value is -1.91. The van der Waals surface area contributed by atoms with Crippen LogP contribution in [0.3, 0.4) is 0 Å². The highest BCUT2D eigenvalue weighted by molar-refractivity contribution is 6.14. The van der Waals surface area contributed by atoms with E-state index in [1.165, 1.54) is 7.11 Å². The number of methoxy groups -OCH3 is 1. The van der Waals surface area contributed by atoms with Gasteiger partial charge in [0.25, 0.3) is 0 Å². The number of cyclic esters (lactones) is 2. The van der Waals surface area contributed by atoms with Gasteiger partial charge >= 0.3 is 17.9 Å². The molecule has 0 saturated heterocycles. The number of hydrogen-bond acceptors (Lipinski definition) is 5. The topological polar surface area (TPSA) is 69.7 Å². The zero-order chi connectivity index (χ0) is 12.3. The second kappa shape index (κ2) is 4.74. The van der Waals surface area contributed by atoms with Gasteiger partial charge in [0.15, 0.2) is 0 Å². The van der Waals surface area contributed by atoms with Crippen molar-refractivity contribution in [1.82, 2.24) is 0 Å². The third-order valence-corrected chi connectivity index (χ3v) is 2.20. The standard InChI is InChI=1S/C6H4O3.C5H8O2/c7-5-3-1-2-4(3)6(8)9-5;1-4(2)5(6)7-3/h1-2H2;1H2,2-3H3. The molecule has 0 N–H and O–H groups in total. The molecule has 0 aromatic heterocycles. The molecule has 0 unspecified atom stereocenters. The van der Waals surface area contributed by atoms with Crippen LogP contribution in [0, 0.1) is 0 Å². The molecule has 1 aliphatic carbocycles. The second-order valence-corrected chi connectivity index (χ2v) is 3.41. The lowest BCUT2D eigenvalue weighted by Gasteiger charge is -2.07. The molecule has 0 bridgehead atoms. The Morgan fingerprint density at radius 1 is 1.25 bits per heavy atom. The summed E-state index contributed by atoms with van der Waals surface area (Å²) in [7, 11) is 1.33. The van der Waals surface area contributed by atoms with Gasteiger partial charge in [-0.2, -0.15) is 0 Å². The van der Waals surface area contributed by atoms with Gasteiger partial charge in [0.1, 0.15) is 0 Å². The molecule has 1 heterocycles. The minimum Gasteiger partial charge on any atom is -0.466 e. The van der Waals surface area contributed by atoms with E-state index in [-0.39, 0.29) is 5.97 Å². The fraction of sp³-hybridized carbons (Fsp3) is 0.364. The van der Waals surface area contributed by atoms with Crippen LogP contribution in [-0.2, 0) is 23.9 Å². The van der Waals surface area contributed by atoms with Crippen molar-refractivity contribution in [2.24, 2.45) is 0 Å². The molecule has 86 valence electrons. The predicted octanol–water partition coefficient (Wildman–Crippen LogP) is 0.896. The lowest BCUT2D eigenvalue weighted by Crippen LogP contribution is -2.05. The van der Waals surface area contributed by atoms with Gasteiger partial charge in [-0.25, -0.2) is 14.4 Å². The molecule has 0 aromatic rings. The molecule has 0 radical (unpaired) electrons. The van der Waals surface area contributed by atoms with Crippen molar-refractivity contribution in [3.05, 3.63) is 23.3 Å². The Morgan fingerprint density at radius 2 is 1.69 bits per heavy atom. The quantitative estimate of drug-likeness (QED) is 0.376. The summed E-state index contributed by atoms with van der Waals surface area (Å²) >= 11 is 0. The highest BCUT2D eigenvalue weighted by atomic mass is 16.6. The molecule has 16 heavy (non-hydrogen) atoms. The number of rotatable bonds is 1. The van der Waals surface area contributed by atoms with Crippen molar-refractivity contribution in [2.45, 2.75) is 19.8 Å². The highest BCUT2D eigenvalue weighted by Crippen LogP contribution is 2.34. The maximum Gasteiger partial charge on any atom is 0.342 e. The van der Waals surface area contributed by atoms with Crippen molar-refractivity contribution in [3.8, 4) is 0 Å². The van der Waals surface area contributed by atoms with Crippen LogP contribution in [-0.4, -0.2) is 25.0 Å². The van der Waals surface area contributed by atoms with E-state index in [1.807, 2.05) is 0 Å². The normalized spacial score (nSPS) is 16.6. The summed E-state index contributed by atoms with van der Waals surface area (Å²) in [6.45, 7) is 4.95. The van der Waals surface area contributed by atoms with E-state index < -0.39 is 11.9 Å². The molecule has 5 nitrogen and oxygen atoms in total. The van der Waals surface area contributed by atoms with Crippen LogP contribution < -0.4 is 0 Å². The summed E-state index contributed by atoms with van der Waals surface area (Å²) in [6.07, 6.45) is 1.44. The van der Waals surface area contributed by atoms with E-state index in [0.717, 1.165) is 12.8 Å². The van der Waals surface area contributed by atoms with Crippen LogP contribution >= 0.6 is 0 Å². The van der Waals surface area contributed by atoms with Gasteiger partial charge in [-0.05, 0) is 19.8 Å². The molecule has 0 amide bonds. The van der Waals surface area contributed by atoms with Gasteiger partial charge in [0.05, 0.1) is 7.11 Å². The molecule has 0 spiro atoms. The zero-order valence-electron chi connectivity index (χ0n) is 9.16. The van der Waals surface area contributed by atoms with Crippen molar-refractivity contribution >= 4 is 17.9 Å². The maximum atomic E-state index is 10.5. The SMILES string of the molecule is C=C(C)C(=O)OC.O=C1OC(=O)C2=C1CC2. The van der Waals surface area contributed by atoms with Crippen LogP contribution in [0.1, 0.15) is 19.8 Å². The smallest absolute Gasteiger partial charge is 0.342 e. The maximum absolute atomic E-state index is 10.5. The minimum atomic E-state index is -0.429. The molecule has 0 fully saturated rings. The molecular weight excluding hydrogens is 212 g/mol. The summed E-state index contributed by atoms with van der Waals surface area (Å²) in [5.41, 5.74) is 1.63. The van der Waals surface area contributed by atoms with Crippen molar-refractivity contribution < 1.29 is 23.9 Å². The summed E-state index contributed by atoms with van der Waals surface area (Å²) in [5, 5.41) is 0. The molecule has 0 atom stereocenters. The van der Waals surface area contributed by atoms with Gasteiger partial charge in [-0.3, -0.25) is 0 Å². The first-order valence-corrected chi connectivity index (χ1v) is 4.69. The van der Waals surface area contributed by atoms with Gasteiger partial charge < -0.3 is 9.47 Å². The number of carbonyl (C=O) groups excluding carboxylic acids is 3. The van der Waals surface area contributed by atoms with Gasteiger partial charge in [0.2, 0.25) is 0 Å². The monoisotopic (exact) mass is 224 g/mol. The van der Waals surface area contributed by atoms with Gasteiger partial charge in [0, 0.05) is 16.7 Å². The zero-order valence-corrected chi connectivity index (χ0v) is 9.16. The third-order valence-electron chi connectivity index (χ3n) is 2.20. The lowest BCUT2D eigenvalue weighted by atomic mass is 9.91. The van der Waals surface area contributed by atoms with Crippen LogP contribution in [0.2, 0.25) is 0 Å². The average Bonchev–Trinajstić information content (AvgIpc) is 2.32. The fourth-order valence-corrected chi connectivity index (χ4v) is 1.21. The van der Waals surface area contributed by atoms with E-state index in [9.17, 15) is 14.4 Å². The van der Waals surface area contributed by atoms with E-state index in [1.54, 1.807) is 6.92 Å². The molecule has 5 heteroatoms. The van der Waals surface area contributed by atoms with Crippen LogP contribution in [0.25, 0.3) is 0 Å². The predicted molar refractivity (Wildman–Crippen MR) is 54.2 cm³/mol. The van der Waals surface area contributed by atoms with Crippen molar-refractivity contribution in [2.75, 3.05) is 7.11 Å². The molecular formula is C11H12O5. The van der Waals surface area contributed by atoms with Crippen molar-refractivity contribution in [1.29, 1.82) is 0 Å². The van der Waals surface area contributed by atoms with Crippen LogP contribution in [0.4, 0.5) is 0 Å². The molecule has 1 aliphatic heterocycles. The van der Waals surface area contributed by atoms with Crippen molar-refractivity contribution in [3.63, 3.8) is 0 Å². The van der Waals surface area contributed by atoms with E-state index in [0.29, 0.717) is 16.7 Å². The number of carbonyl (C=O) groups is 3. The first-order valence-electron chi connectivity index (χ1n) is 4.69. The van der Waals surface area contributed by atoms with Gasteiger partial charge in [-0.1, -0.05) is 6.58 Å². The number of esters is 3. The highest BCUT2D eigenvalue weighted by Gasteiger charge is 2.38. The second-order valence-electron chi connectivity index (χ2n) is 3.41. The summed E-state index contributed by atoms with van der Waals surface area (Å²) in [6, 6.07) is 0. The fourth-order valence-electron chi connectivity index (χ4n) is 1.21. The Bertz CT molecular complexity index is 379. The first-order chi connectivity index (χ1) is 7.47. The van der Waals surface area contributed by atoms with Crippen LogP contribution in [0.5, 0.6) is 0 Å². The largest absolute Gasteiger partial charge is 0.466 e. The number of ether oxygens (including phenoxy) is 2.